The average Bonchev–Trinajstić information content (AvgIpc) is 2.83. The summed E-state index contributed by atoms with van der Waals surface area (Å²) in [6.07, 6.45) is 5.56. The Kier molecular flexibility index (Phi) is 5.27. The summed E-state index contributed by atoms with van der Waals surface area (Å²) in [5.74, 6) is 0. The van der Waals surface area contributed by atoms with Crippen molar-refractivity contribution in [3.8, 4) is 0 Å². The van der Waals surface area contributed by atoms with E-state index in [1.54, 1.807) is 0 Å². The van der Waals surface area contributed by atoms with Crippen LogP contribution >= 0.6 is 0 Å². The first-order chi connectivity index (χ1) is 9.00. The van der Waals surface area contributed by atoms with Crippen LogP contribution in [0.2, 0.25) is 0 Å². The van der Waals surface area contributed by atoms with Gasteiger partial charge in [0.2, 0.25) is 0 Å². The van der Waals surface area contributed by atoms with Crippen LogP contribution in [0.1, 0.15) is 53.4 Å². The van der Waals surface area contributed by atoms with Crippen LogP contribution in [0.4, 0.5) is 0 Å². The zero-order valence-corrected chi connectivity index (χ0v) is 13.2. The van der Waals surface area contributed by atoms with E-state index in [1.807, 2.05) is 0 Å². The van der Waals surface area contributed by atoms with Crippen molar-refractivity contribution >= 4 is 0 Å². The maximum Gasteiger partial charge on any atom is 0.0702 e. The minimum Gasteiger partial charge on any atom is -0.377 e. The average molecular weight is 268 g/mol. The maximum atomic E-state index is 5.84. The Morgan fingerprint density at radius 1 is 1.32 bits per heavy atom. The summed E-state index contributed by atoms with van der Waals surface area (Å²) in [5, 5.41) is 3.77. The Balaban J connectivity index is 1.95. The van der Waals surface area contributed by atoms with Crippen LogP contribution in [0.15, 0.2) is 0 Å². The van der Waals surface area contributed by atoms with Crippen LogP contribution in [-0.2, 0) is 4.74 Å². The van der Waals surface area contributed by atoms with Gasteiger partial charge in [0.05, 0.1) is 6.10 Å². The van der Waals surface area contributed by atoms with Gasteiger partial charge in [-0.3, -0.25) is 4.90 Å². The first kappa shape index (κ1) is 15.3. The molecule has 0 aromatic carbocycles. The number of hydrogen-bond donors (Lipinski definition) is 1. The molecule has 1 N–H and O–H groups in total. The number of nitrogens with zero attached hydrogens (tertiary/aromatic N) is 1. The van der Waals surface area contributed by atoms with E-state index in [4.69, 9.17) is 4.74 Å². The van der Waals surface area contributed by atoms with Gasteiger partial charge >= 0.3 is 0 Å². The first-order valence-electron chi connectivity index (χ1n) is 8.09. The number of ether oxygens (including phenoxy) is 1. The Morgan fingerprint density at radius 2 is 2.11 bits per heavy atom. The molecule has 3 atom stereocenters. The van der Waals surface area contributed by atoms with Crippen molar-refractivity contribution in [3.63, 3.8) is 0 Å². The lowest BCUT2D eigenvalue weighted by Gasteiger charge is -2.45. The smallest absolute Gasteiger partial charge is 0.0702 e. The summed E-state index contributed by atoms with van der Waals surface area (Å²) in [4.78, 5) is 2.70. The standard InChI is InChI=1S/C16H32N2O/c1-5-7-13-10-17-15(16(2,3)4)12-18(13)11-14-8-6-9-19-14/h13-15,17H,5-12H2,1-4H3. The van der Waals surface area contributed by atoms with Crippen molar-refractivity contribution in [2.45, 2.75) is 71.6 Å². The van der Waals surface area contributed by atoms with Crippen LogP contribution in [0.5, 0.6) is 0 Å². The third kappa shape index (κ3) is 4.17. The predicted molar refractivity (Wildman–Crippen MR) is 80.5 cm³/mol. The van der Waals surface area contributed by atoms with Gasteiger partial charge in [-0.1, -0.05) is 34.1 Å². The van der Waals surface area contributed by atoms with Gasteiger partial charge in [-0.05, 0) is 24.7 Å². The van der Waals surface area contributed by atoms with Gasteiger partial charge < -0.3 is 10.1 Å². The highest BCUT2D eigenvalue weighted by Crippen LogP contribution is 2.26. The zero-order chi connectivity index (χ0) is 13.9. The molecular weight excluding hydrogens is 236 g/mol. The summed E-state index contributed by atoms with van der Waals surface area (Å²) >= 11 is 0. The second-order valence-corrected chi connectivity index (χ2v) is 7.36. The van der Waals surface area contributed by atoms with Crippen molar-refractivity contribution in [1.82, 2.24) is 10.2 Å². The van der Waals surface area contributed by atoms with Crippen molar-refractivity contribution in [2.24, 2.45) is 5.41 Å². The highest BCUT2D eigenvalue weighted by atomic mass is 16.5. The topological polar surface area (TPSA) is 24.5 Å². The quantitative estimate of drug-likeness (QED) is 0.848. The predicted octanol–water partition coefficient (Wildman–Crippen LogP) is 2.65. The molecule has 0 aromatic heterocycles. The molecule has 112 valence electrons. The second-order valence-electron chi connectivity index (χ2n) is 7.36. The Bertz CT molecular complexity index is 268. The molecule has 0 aliphatic carbocycles. The molecule has 2 saturated heterocycles. The van der Waals surface area contributed by atoms with E-state index in [0.717, 1.165) is 19.7 Å². The third-order valence-corrected chi connectivity index (χ3v) is 4.66. The first-order valence-corrected chi connectivity index (χ1v) is 8.09. The molecule has 3 unspecified atom stereocenters. The summed E-state index contributed by atoms with van der Waals surface area (Å²) < 4.78 is 5.84. The molecule has 0 saturated carbocycles. The lowest BCUT2D eigenvalue weighted by molar-refractivity contribution is 0.0225. The van der Waals surface area contributed by atoms with Crippen molar-refractivity contribution in [1.29, 1.82) is 0 Å². The maximum absolute atomic E-state index is 5.84. The number of rotatable bonds is 4. The van der Waals surface area contributed by atoms with Gasteiger partial charge in [0.15, 0.2) is 0 Å². The molecule has 2 aliphatic rings. The van der Waals surface area contributed by atoms with Crippen molar-refractivity contribution in [3.05, 3.63) is 0 Å². The minimum atomic E-state index is 0.339. The van der Waals surface area contributed by atoms with Crippen molar-refractivity contribution in [2.75, 3.05) is 26.2 Å². The lowest BCUT2D eigenvalue weighted by atomic mass is 9.84. The Labute approximate surface area is 119 Å². The third-order valence-electron chi connectivity index (χ3n) is 4.66. The van der Waals surface area contributed by atoms with Crippen LogP contribution < -0.4 is 5.32 Å². The Hall–Kier alpha value is -0.120. The highest BCUT2D eigenvalue weighted by Gasteiger charge is 2.35. The molecule has 3 heteroatoms. The van der Waals surface area contributed by atoms with Crippen LogP contribution in [0, 0.1) is 5.41 Å². The molecule has 0 amide bonds. The molecule has 0 radical (unpaired) electrons. The zero-order valence-electron chi connectivity index (χ0n) is 13.2. The van der Waals surface area contributed by atoms with Gasteiger partial charge in [-0.25, -0.2) is 0 Å². The lowest BCUT2D eigenvalue weighted by Crippen LogP contribution is -2.61. The van der Waals surface area contributed by atoms with E-state index in [0.29, 0.717) is 23.6 Å². The van der Waals surface area contributed by atoms with Gasteiger partial charge in [-0.2, -0.15) is 0 Å². The number of piperazine rings is 1. The summed E-state index contributed by atoms with van der Waals surface area (Å²) in [5.41, 5.74) is 0.339. The van der Waals surface area contributed by atoms with Gasteiger partial charge in [0.25, 0.3) is 0 Å². The van der Waals surface area contributed by atoms with Gasteiger partial charge in [0.1, 0.15) is 0 Å². The Morgan fingerprint density at radius 3 is 2.68 bits per heavy atom. The SMILES string of the molecule is CCCC1CNC(C(C)(C)C)CN1CC1CCCO1. The highest BCUT2D eigenvalue weighted by molar-refractivity contribution is 4.92. The van der Waals surface area contributed by atoms with Gasteiger partial charge in [-0.15, -0.1) is 0 Å². The molecular formula is C16H32N2O. The summed E-state index contributed by atoms with van der Waals surface area (Å²) in [6, 6.07) is 1.30. The molecule has 2 fully saturated rings. The fraction of sp³-hybridized carbons (Fsp3) is 1.00. The molecule has 19 heavy (non-hydrogen) atoms. The molecule has 2 aliphatic heterocycles. The van der Waals surface area contributed by atoms with E-state index in [2.05, 4.69) is 37.9 Å². The molecule has 2 rings (SSSR count). The van der Waals surface area contributed by atoms with Crippen LogP contribution in [-0.4, -0.2) is 49.3 Å². The molecule has 0 bridgehead atoms. The number of nitrogens with one attached hydrogen (secondary N) is 1. The molecule has 2 heterocycles. The fourth-order valence-corrected chi connectivity index (χ4v) is 3.33. The van der Waals surface area contributed by atoms with Crippen molar-refractivity contribution < 1.29 is 4.74 Å². The summed E-state index contributed by atoms with van der Waals surface area (Å²) in [6.45, 7) is 13.7. The molecule has 0 spiro atoms. The number of hydrogen-bond acceptors (Lipinski definition) is 3. The van der Waals surface area contributed by atoms with E-state index >= 15 is 0 Å². The fourth-order valence-electron chi connectivity index (χ4n) is 3.33. The van der Waals surface area contributed by atoms with Gasteiger partial charge in [0, 0.05) is 38.3 Å². The minimum absolute atomic E-state index is 0.339. The van der Waals surface area contributed by atoms with Crippen LogP contribution in [0.3, 0.4) is 0 Å². The van der Waals surface area contributed by atoms with Crippen LogP contribution in [0.25, 0.3) is 0 Å². The largest absolute Gasteiger partial charge is 0.377 e. The van der Waals surface area contributed by atoms with E-state index in [-0.39, 0.29) is 0 Å². The second kappa shape index (κ2) is 6.55. The van der Waals surface area contributed by atoms with E-state index in [9.17, 15) is 0 Å². The van der Waals surface area contributed by atoms with E-state index < -0.39 is 0 Å². The normalized spacial score (nSPS) is 33.8. The molecule has 0 aromatic rings. The molecule has 3 nitrogen and oxygen atoms in total. The summed E-state index contributed by atoms with van der Waals surface area (Å²) in [7, 11) is 0. The monoisotopic (exact) mass is 268 g/mol. The van der Waals surface area contributed by atoms with E-state index in [1.165, 1.54) is 32.2 Å².